The maximum Gasteiger partial charge on any atom is 0.246 e. The van der Waals surface area contributed by atoms with E-state index >= 15 is 0 Å². The molecule has 2 saturated heterocycles. The zero-order valence-electron chi connectivity index (χ0n) is 20.6. The number of halogens is 2. The minimum atomic E-state index is -1.15. The van der Waals surface area contributed by atoms with Gasteiger partial charge >= 0.3 is 0 Å². The van der Waals surface area contributed by atoms with Crippen molar-refractivity contribution in [2.24, 2.45) is 17.8 Å². The van der Waals surface area contributed by atoms with Crippen LogP contribution in [0.15, 0.2) is 30.4 Å². The second-order valence-electron chi connectivity index (χ2n) is 10.9. The molecule has 3 amide bonds. The number of nitrogens with one attached hydrogen (secondary N) is 2. The average Bonchev–Trinajstić information content (AvgIpc) is 3.45. The smallest absolute Gasteiger partial charge is 0.246 e. The van der Waals surface area contributed by atoms with Crippen LogP contribution in [-0.4, -0.2) is 53.0 Å². The molecule has 1 aromatic carbocycles. The molecule has 1 saturated carbocycles. The topological polar surface area (TPSA) is 87.7 Å². The van der Waals surface area contributed by atoms with E-state index in [0.29, 0.717) is 28.2 Å². The number of carbonyl (C=O) groups excluding carboxylic acids is 3. The standard InChI is InChI=1S/C27H33Cl2N3O4/c1-15(2)9-11-32-23(25(34)30-18-6-4-3-5-7-18)27-10-8-20(36-27)21(22(27)26(32)35)24(33)31-19-13-16(28)12-17(29)14-19/h8,10,12-15,18,20-23H,3-7,9,11H2,1-2H3,(H,30,34)(H,31,33)/t20-,21+,22-,23-,27-/m0/s1. The summed E-state index contributed by atoms with van der Waals surface area (Å²) in [5.74, 6) is -1.90. The summed E-state index contributed by atoms with van der Waals surface area (Å²) >= 11 is 12.2. The number of nitrogens with zero attached hydrogens (tertiary/aromatic N) is 1. The molecule has 194 valence electrons. The van der Waals surface area contributed by atoms with Gasteiger partial charge in [-0.1, -0.05) is 68.5 Å². The maximum absolute atomic E-state index is 13.9. The lowest BCUT2D eigenvalue weighted by molar-refractivity contribution is -0.141. The number of ether oxygens (including phenoxy) is 1. The summed E-state index contributed by atoms with van der Waals surface area (Å²) in [4.78, 5) is 42.8. The Bertz CT molecular complexity index is 1070. The van der Waals surface area contributed by atoms with Gasteiger partial charge in [0.05, 0.1) is 17.9 Å². The van der Waals surface area contributed by atoms with Crippen molar-refractivity contribution in [1.29, 1.82) is 0 Å². The van der Waals surface area contributed by atoms with Gasteiger partial charge < -0.3 is 20.3 Å². The van der Waals surface area contributed by atoms with Crippen molar-refractivity contribution in [3.8, 4) is 0 Å². The van der Waals surface area contributed by atoms with Crippen LogP contribution in [-0.2, 0) is 19.1 Å². The summed E-state index contributed by atoms with van der Waals surface area (Å²) < 4.78 is 6.39. The number of likely N-dealkylation sites (tertiary alicyclic amines) is 1. The first-order valence-electron chi connectivity index (χ1n) is 12.9. The van der Waals surface area contributed by atoms with Crippen molar-refractivity contribution in [3.05, 3.63) is 40.4 Å². The number of benzene rings is 1. The highest BCUT2D eigenvalue weighted by Crippen LogP contribution is 2.55. The van der Waals surface area contributed by atoms with E-state index in [1.807, 2.05) is 12.2 Å². The van der Waals surface area contributed by atoms with Gasteiger partial charge in [0, 0.05) is 28.3 Å². The normalized spacial score (nSPS) is 31.2. The molecule has 5 rings (SSSR count). The number of carbonyl (C=O) groups is 3. The maximum atomic E-state index is 13.9. The Morgan fingerprint density at radius 2 is 1.81 bits per heavy atom. The highest BCUT2D eigenvalue weighted by atomic mass is 35.5. The Morgan fingerprint density at radius 1 is 1.11 bits per heavy atom. The molecule has 0 radical (unpaired) electrons. The molecule has 1 aliphatic carbocycles. The highest BCUT2D eigenvalue weighted by molar-refractivity contribution is 6.35. The molecule has 2 bridgehead atoms. The number of hydrogen-bond donors (Lipinski definition) is 2. The number of anilines is 1. The predicted molar refractivity (Wildman–Crippen MR) is 139 cm³/mol. The number of fused-ring (bicyclic) bond motifs is 1. The molecule has 1 spiro atoms. The molecule has 2 N–H and O–H groups in total. The SMILES string of the molecule is CC(C)CCN1C(=O)[C@@H]2[C@H](C(=O)Nc3cc(Cl)cc(Cl)c3)[C@@H]3C=C[C@@]2(O3)[C@@H]1C(=O)NC1CCCCC1. The summed E-state index contributed by atoms with van der Waals surface area (Å²) in [6.45, 7) is 4.62. The Labute approximate surface area is 221 Å². The van der Waals surface area contributed by atoms with E-state index in [2.05, 4.69) is 24.5 Å². The van der Waals surface area contributed by atoms with E-state index in [-0.39, 0.29) is 23.8 Å². The van der Waals surface area contributed by atoms with Crippen LogP contribution in [0.25, 0.3) is 0 Å². The van der Waals surface area contributed by atoms with Crippen molar-refractivity contribution in [2.45, 2.75) is 76.2 Å². The van der Waals surface area contributed by atoms with Gasteiger partial charge in [0.2, 0.25) is 17.7 Å². The van der Waals surface area contributed by atoms with E-state index in [0.717, 1.165) is 32.1 Å². The highest BCUT2D eigenvalue weighted by Gasteiger charge is 2.72. The molecule has 36 heavy (non-hydrogen) atoms. The third kappa shape index (κ3) is 4.54. The van der Waals surface area contributed by atoms with Gasteiger partial charge in [0.25, 0.3) is 0 Å². The summed E-state index contributed by atoms with van der Waals surface area (Å²) in [7, 11) is 0. The van der Waals surface area contributed by atoms with Crippen LogP contribution in [0.5, 0.6) is 0 Å². The van der Waals surface area contributed by atoms with Gasteiger partial charge in [0.1, 0.15) is 11.6 Å². The summed E-state index contributed by atoms with van der Waals surface area (Å²) in [6, 6.07) is 4.11. The minimum absolute atomic E-state index is 0.109. The number of amides is 3. The van der Waals surface area contributed by atoms with Crippen molar-refractivity contribution in [3.63, 3.8) is 0 Å². The van der Waals surface area contributed by atoms with Crippen LogP contribution in [0.3, 0.4) is 0 Å². The molecule has 3 fully saturated rings. The van der Waals surface area contributed by atoms with Crippen LogP contribution in [0.1, 0.15) is 52.4 Å². The fraction of sp³-hybridized carbons (Fsp3) is 0.593. The van der Waals surface area contributed by atoms with Crippen molar-refractivity contribution < 1.29 is 19.1 Å². The molecular formula is C27H33Cl2N3O4. The molecular weight excluding hydrogens is 501 g/mol. The number of rotatable bonds is 7. The van der Waals surface area contributed by atoms with E-state index in [4.69, 9.17) is 27.9 Å². The number of hydrogen-bond acceptors (Lipinski definition) is 4. The summed E-state index contributed by atoms with van der Waals surface area (Å²) in [6.07, 6.45) is 9.11. The van der Waals surface area contributed by atoms with Crippen LogP contribution in [0.4, 0.5) is 5.69 Å². The molecule has 9 heteroatoms. The first kappa shape index (κ1) is 25.6. The third-order valence-corrected chi connectivity index (χ3v) is 8.39. The zero-order chi connectivity index (χ0) is 25.6. The van der Waals surface area contributed by atoms with Gasteiger partial charge in [0.15, 0.2) is 0 Å². The van der Waals surface area contributed by atoms with Crippen molar-refractivity contribution in [2.75, 3.05) is 11.9 Å². The van der Waals surface area contributed by atoms with Gasteiger partial charge in [-0.3, -0.25) is 14.4 Å². The first-order valence-corrected chi connectivity index (χ1v) is 13.7. The monoisotopic (exact) mass is 533 g/mol. The van der Waals surface area contributed by atoms with E-state index in [9.17, 15) is 14.4 Å². The fourth-order valence-corrected chi connectivity index (χ4v) is 6.81. The second kappa shape index (κ2) is 9.99. The molecule has 0 unspecified atom stereocenters. The van der Waals surface area contributed by atoms with Gasteiger partial charge in [-0.15, -0.1) is 0 Å². The fourth-order valence-electron chi connectivity index (χ4n) is 6.28. The Morgan fingerprint density at radius 3 is 2.47 bits per heavy atom. The largest absolute Gasteiger partial charge is 0.359 e. The van der Waals surface area contributed by atoms with Crippen LogP contribution in [0, 0.1) is 17.8 Å². The zero-order valence-corrected chi connectivity index (χ0v) is 22.1. The molecule has 1 aromatic rings. The summed E-state index contributed by atoms with van der Waals surface area (Å²) in [5, 5.41) is 6.87. The van der Waals surface area contributed by atoms with E-state index < -0.39 is 29.6 Å². The molecule has 3 heterocycles. The quantitative estimate of drug-likeness (QED) is 0.502. The Hall–Kier alpha value is -2.09. The van der Waals surface area contributed by atoms with Crippen molar-refractivity contribution >= 4 is 46.6 Å². The van der Waals surface area contributed by atoms with Crippen LogP contribution in [0.2, 0.25) is 10.0 Å². The molecule has 3 aliphatic heterocycles. The van der Waals surface area contributed by atoms with E-state index in [1.54, 1.807) is 23.1 Å². The summed E-state index contributed by atoms with van der Waals surface area (Å²) in [5.41, 5.74) is -0.696. The second-order valence-corrected chi connectivity index (χ2v) is 11.8. The van der Waals surface area contributed by atoms with Crippen molar-refractivity contribution in [1.82, 2.24) is 10.2 Å². The van der Waals surface area contributed by atoms with Crippen LogP contribution < -0.4 is 10.6 Å². The Kier molecular flexibility index (Phi) is 7.09. The predicted octanol–water partition coefficient (Wildman–Crippen LogP) is 4.58. The van der Waals surface area contributed by atoms with E-state index in [1.165, 1.54) is 6.42 Å². The molecule has 4 aliphatic rings. The lowest BCUT2D eigenvalue weighted by Crippen LogP contribution is -2.56. The lowest BCUT2D eigenvalue weighted by atomic mass is 9.74. The lowest BCUT2D eigenvalue weighted by Gasteiger charge is -2.34. The van der Waals surface area contributed by atoms with Gasteiger partial charge in [-0.05, 0) is 43.4 Å². The molecule has 7 nitrogen and oxygen atoms in total. The van der Waals surface area contributed by atoms with Crippen LogP contribution >= 0.6 is 23.2 Å². The molecule has 0 aromatic heterocycles. The molecule has 5 atom stereocenters. The minimum Gasteiger partial charge on any atom is -0.359 e. The first-order chi connectivity index (χ1) is 17.2. The van der Waals surface area contributed by atoms with Gasteiger partial charge in [-0.25, -0.2) is 0 Å². The third-order valence-electron chi connectivity index (χ3n) is 7.95. The average molecular weight is 534 g/mol. The van der Waals surface area contributed by atoms with Gasteiger partial charge in [-0.2, -0.15) is 0 Å². The Balaban J connectivity index is 1.43.